The molecule has 4 aromatic heterocycles. The van der Waals surface area contributed by atoms with E-state index in [9.17, 15) is 19.2 Å². The standard InChI is InChI=1S/C49H49N11O5/c1-5-36-38(18-22-51-45(36)59-26-25-58(49(59)64)35-7-6-21-50-29-35)37-15-13-34(60-47(65-4)54-56(3)48(60)63)28-41(37)31-8-11-33(12-9-31)57-23-19-30(20-24-57)32-10-14-39-42(27-32)55(2)53-44(39)40-16-17-43(61)52-46(40)62/h6-15,18,21-22,27-30,40H,5,16-17,19-20,23-26H2,1-4H3,(H,52,61,62). The van der Waals surface area contributed by atoms with E-state index in [1.165, 1.54) is 21.9 Å². The molecule has 16 nitrogen and oxygen atoms in total. The number of carbonyl (C=O) groups is 3. The third kappa shape index (κ3) is 7.37. The lowest BCUT2D eigenvalue weighted by atomic mass is 9.87. The van der Waals surface area contributed by atoms with Gasteiger partial charge in [-0.3, -0.25) is 34.4 Å². The zero-order valence-corrected chi connectivity index (χ0v) is 36.8. The second kappa shape index (κ2) is 16.8. The van der Waals surface area contributed by atoms with Crippen molar-refractivity contribution in [1.29, 1.82) is 0 Å². The molecule has 65 heavy (non-hydrogen) atoms. The number of pyridine rings is 2. The SMILES string of the molecule is CCc1c(-c2ccc(-n3c(OC)nn(C)c3=O)cc2-c2ccc(N3CCC(c4ccc5c(C6CCC(=O)NC6=O)nn(C)c5c4)CC3)cc2)ccnc1N1CCN(c2cccnc2)C1=O. The van der Waals surface area contributed by atoms with Gasteiger partial charge in [0.05, 0.1) is 41.8 Å². The van der Waals surface area contributed by atoms with E-state index in [-0.39, 0.29) is 29.5 Å². The highest BCUT2D eigenvalue weighted by atomic mass is 16.5. The van der Waals surface area contributed by atoms with Crippen LogP contribution >= 0.6 is 0 Å². The molecule has 7 aromatic rings. The summed E-state index contributed by atoms with van der Waals surface area (Å²) in [5.41, 5.74) is 9.79. The van der Waals surface area contributed by atoms with Crippen LogP contribution in [0, 0.1) is 0 Å². The van der Waals surface area contributed by atoms with Crippen molar-refractivity contribution < 1.29 is 19.1 Å². The number of hydrogen-bond acceptors (Lipinski definition) is 10. The molecular weight excluding hydrogens is 823 g/mol. The molecule has 3 aliphatic heterocycles. The number of rotatable bonds is 10. The highest BCUT2D eigenvalue weighted by molar-refractivity contribution is 6.06. The van der Waals surface area contributed by atoms with Gasteiger partial charge in [0, 0.05) is 75.7 Å². The highest BCUT2D eigenvalue weighted by Crippen LogP contribution is 2.41. The molecule has 16 heteroatoms. The molecule has 7 heterocycles. The van der Waals surface area contributed by atoms with Gasteiger partial charge in [0.25, 0.3) is 0 Å². The monoisotopic (exact) mass is 871 g/mol. The van der Waals surface area contributed by atoms with E-state index in [1.54, 1.807) is 35.4 Å². The number of carbonyl (C=O) groups excluding carboxylic acids is 3. The molecule has 0 radical (unpaired) electrons. The molecule has 1 unspecified atom stereocenters. The van der Waals surface area contributed by atoms with Gasteiger partial charge in [-0.05, 0) is 108 Å². The number of imide groups is 1. The minimum atomic E-state index is -0.434. The van der Waals surface area contributed by atoms with Crippen molar-refractivity contribution in [2.75, 3.05) is 48.0 Å². The molecule has 0 spiro atoms. The van der Waals surface area contributed by atoms with Crippen LogP contribution in [0.25, 0.3) is 38.8 Å². The fraction of sp³-hybridized carbons (Fsp3) is 0.306. The van der Waals surface area contributed by atoms with Crippen molar-refractivity contribution in [2.24, 2.45) is 14.1 Å². The van der Waals surface area contributed by atoms with Crippen molar-refractivity contribution >= 4 is 45.9 Å². The maximum Gasteiger partial charge on any atom is 0.353 e. The number of nitrogens with one attached hydrogen (secondary N) is 1. The number of aromatic nitrogens is 7. The Balaban J connectivity index is 0.935. The third-order valence-electron chi connectivity index (χ3n) is 13.2. The van der Waals surface area contributed by atoms with Crippen LogP contribution in [0.1, 0.15) is 61.3 Å². The normalized spacial score (nSPS) is 17.1. The predicted octanol–water partition coefficient (Wildman–Crippen LogP) is 6.50. The van der Waals surface area contributed by atoms with Gasteiger partial charge >= 0.3 is 17.7 Å². The Morgan fingerprint density at radius 2 is 1.54 bits per heavy atom. The first kappa shape index (κ1) is 41.4. The fourth-order valence-electron chi connectivity index (χ4n) is 9.83. The molecule has 1 atom stereocenters. The van der Waals surface area contributed by atoms with E-state index in [0.29, 0.717) is 49.8 Å². The van der Waals surface area contributed by atoms with Crippen LogP contribution in [0.15, 0.2) is 102 Å². The molecule has 330 valence electrons. The molecule has 4 amide bonds. The minimum Gasteiger partial charge on any atom is -0.467 e. The maximum atomic E-state index is 13.9. The van der Waals surface area contributed by atoms with E-state index in [1.807, 2.05) is 48.1 Å². The molecule has 10 rings (SSSR count). The summed E-state index contributed by atoms with van der Waals surface area (Å²) in [5.74, 6) is 0.0512. The topological polar surface area (TPSA) is 166 Å². The Morgan fingerprint density at radius 1 is 0.754 bits per heavy atom. The summed E-state index contributed by atoms with van der Waals surface area (Å²) in [6.45, 7) is 4.84. The molecule has 0 aliphatic carbocycles. The summed E-state index contributed by atoms with van der Waals surface area (Å²) in [7, 11) is 5.00. The van der Waals surface area contributed by atoms with Crippen LogP contribution in [0.2, 0.25) is 0 Å². The summed E-state index contributed by atoms with van der Waals surface area (Å²) in [5, 5.41) is 12.5. The zero-order valence-electron chi connectivity index (χ0n) is 36.8. The number of methoxy groups -OCH3 is 1. The van der Waals surface area contributed by atoms with Gasteiger partial charge in [-0.1, -0.05) is 37.3 Å². The van der Waals surface area contributed by atoms with Crippen molar-refractivity contribution in [3.05, 3.63) is 125 Å². The number of ether oxygens (including phenoxy) is 1. The molecule has 3 aromatic carbocycles. The van der Waals surface area contributed by atoms with Gasteiger partial charge < -0.3 is 9.64 Å². The summed E-state index contributed by atoms with van der Waals surface area (Å²) >= 11 is 0. The smallest absolute Gasteiger partial charge is 0.353 e. The zero-order chi connectivity index (χ0) is 44.9. The average molecular weight is 872 g/mol. The molecule has 0 saturated carbocycles. The molecule has 0 bridgehead atoms. The molecule has 3 aliphatic rings. The Bertz CT molecular complexity index is 3040. The van der Waals surface area contributed by atoms with E-state index in [2.05, 4.69) is 69.7 Å². The number of amides is 4. The van der Waals surface area contributed by atoms with Crippen molar-refractivity contribution in [3.8, 4) is 34.0 Å². The van der Waals surface area contributed by atoms with Crippen molar-refractivity contribution in [2.45, 2.75) is 50.9 Å². The lowest BCUT2D eigenvalue weighted by Crippen LogP contribution is -2.39. The Hall–Kier alpha value is -7.62. The summed E-state index contributed by atoms with van der Waals surface area (Å²) in [6.07, 6.45) is 8.51. The van der Waals surface area contributed by atoms with Gasteiger partial charge in [-0.2, -0.15) is 5.10 Å². The highest BCUT2D eigenvalue weighted by Gasteiger charge is 2.35. The van der Waals surface area contributed by atoms with E-state index < -0.39 is 5.92 Å². The number of aryl methyl sites for hydroxylation is 2. The Kier molecular flexibility index (Phi) is 10.7. The molecule has 1 N–H and O–H groups in total. The van der Waals surface area contributed by atoms with Gasteiger partial charge in [0.15, 0.2) is 0 Å². The number of benzene rings is 3. The predicted molar refractivity (Wildman–Crippen MR) is 248 cm³/mol. The van der Waals surface area contributed by atoms with Gasteiger partial charge in [-0.25, -0.2) is 23.8 Å². The number of hydrogen-bond donors (Lipinski definition) is 1. The summed E-state index contributed by atoms with van der Waals surface area (Å²) in [4.78, 5) is 66.7. The molecule has 3 saturated heterocycles. The average Bonchev–Trinajstić information content (AvgIpc) is 3.99. The van der Waals surface area contributed by atoms with Crippen LogP contribution in [-0.4, -0.2) is 85.2 Å². The largest absolute Gasteiger partial charge is 0.467 e. The quantitative estimate of drug-likeness (QED) is 0.150. The second-order valence-electron chi connectivity index (χ2n) is 16.9. The molecular formula is C49H49N11O5. The van der Waals surface area contributed by atoms with E-state index >= 15 is 0 Å². The minimum absolute atomic E-state index is 0.148. The summed E-state index contributed by atoms with van der Waals surface area (Å²) < 4.78 is 10.1. The van der Waals surface area contributed by atoms with Crippen LogP contribution in [0.3, 0.4) is 0 Å². The van der Waals surface area contributed by atoms with Gasteiger partial charge in [-0.15, -0.1) is 5.10 Å². The Labute approximate surface area is 375 Å². The van der Waals surface area contributed by atoms with E-state index in [4.69, 9.17) is 14.8 Å². The molecule has 3 fully saturated rings. The van der Waals surface area contributed by atoms with E-state index in [0.717, 1.165) is 81.7 Å². The number of urea groups is 1. The first-order chi connectivity index (χ1) is 31.6. The number of anilines is 3. The van der Waals surface area contributed by atoms with Gasteiger partial charge in [0.1, 0.15) is 5.82 Å². The van der Waals surface area contributed by atoms with Crippen molar-refractivity contribution in [1.82, 2.24) is 39.4 Å². The second-order valence-corrected chi connectivity index (χ2v) is 16.9. The number of fused-ring (bicyclic) bond motifs is 1. The van der Waals surface area contributed by atoms with Gasteiger partial charge in [0.2, 0.25) is 11.8 Å². The lowest BCUT2D eigenvalue weighted by molar-refractivity contribution is -0.134. The Morgan fingerprint density at radius 3 is 2.28 bits per heavy atom. The van der Waals surface area contributed by atoms with Crippen LogP contribution in [0.4, 0.5) is 22.0 Å². The van der Waals surface area contributed by atoms with Crippen LogP contribution in [-0.2, 0) is 30.1 Å². The summed E-state index contributed by atoms with van der Waals surface area (Å²) in [6, 6.07) is 26.7. The first-order valence-electron chi connectivity index (χ1n) is 22.1. The fourth-order valence-corrected chi connectivity index (χ4v) is 9.83. The van der Waals surface area contributed by atoms with Crippen LogP contribution < -0.4 is 30.4 Å². The van der Waals surface area contributed by atoms with Crippen molar-refractivity contribution in [3.63, 3.8) is 0 Å². The van der Waals surface area contributed by atoms with Crippen LogP contribution in [0.5, 0.6) is 6.01 Å². The third-order valence-corrected chi connectivity index (χ3v) is 13.2. The lowest BCUT2D eigenvalue weighted by Gasteiger charge is -2.34. The maximum absolute atomic E-state index is 13.9. The number of nitrogens with zero attached hydrogens (tertiary/aromatic N) is 10. The number of piperidine rings is 2. The first-order valence-corrected chi connectivity index (χ1v) is 22.1.